The molecule has 1 aromatic rings. The highest BCUT2D eigenvalue weighted by atomic mass is 16.5. The summed E-state index contributed by atoms with van der Waals surface area (Å²) in [6, 6.07) is 6.82. The Morgan fingerprint density at radius 3 is 2.69 bits per heavy atom. The molecule has 0 aliphatic rings. The zero-order valence-electron chi connectivity index (χ0n) is 6.77. The van der Waals surface area contributed by atoms with E-state index in [9.17, 15) is 4.79 Å². The van der Waals surface area contributed by atoms with Crippen LogP contribution >= 0.6 is 0 Å². The SMILES string of the molecule is O=C(O)/C=C/c1ccccc1NO. The summed E-state index contributed by atoms with van der Waals surface area (Å²) in [5.74, 6) is -1.02. The van der Waals surface area contributed by atoms with Crippen molar-refractivity contribution in [3.63, 3.8) is 0 Å². The number of rotatable bonds is 3. The van der Waals surface area contributed by atoms with Gasteiger partial charge in [-0.15, -0.1) is 0 Å². The van der Waals surface area contributed by atoms with Gasteiger partial charge in [-0.2, -0.15) is 0 Å². The van der Waals surface area contributed by atoms with Gasteiger partial charge in [-0.05, 0) is 12.1 Å². The van der Waals surface area contributed by atoms with Crippen molar-refractivity contribution in [2.75, 3.05) is 5.48 Å². The summed E-state index contributed by atoms with van der Waals surface area (Å²) in [6.45, 7) is 0. The van der Waals surface area contributed by atoms with Crippen LogP contribution in [0.5, 0.6) is 0 Å². The molecule has 0 spiro atoms. The molecule has 0 unspecified atom stereocenters. The van der Waals surface area contributed by atoms with Gasteiger partial charge in [0.25, 0.3) is 0 Å². The minimum atomic E-state index is -1.02. The maximum Gasteiger partial charge on any atom is 0.328 e. The van der Waals surface area contributed by atoms with Gasteiger partial charge in [-0.25, -0.2) is 4.79 Å². The lowest BCUT2D eigenvalue weighted by Crippen LogP contribution is -1.92. The van der Waals surface area contributed by atoms with Crippen molar-refractivity contribution < 1.29 is 15.1 Å². The van der Waals surface area contributed by atoms with E-state index in [2.05, 4.69) is 0 Å². The summed E-state index contributed by atoms with van der Waals surface area (Å²) >= 11 is 0. The lowest BCUT2D eigenvalue weighted by atomic mass is 10.1. The van der Waals surface area contributed by atoms with Crippen molar-refractivity contribution >= 4 is 17.7 Å². The van der Waals surface area contributed by atoms with Crippen molar-refractivity contribution in [2.45, 2.75) is 0 Å². The number of carboxylic acids is 1. The molecule has 0 aliphatic carbocycles. The van der Waals surface area contributed by atoms with E-state index in [1.54, 1.807) is 24.3 Å². The van der Waals surface area contributed by atoms with Gasteiger partial charge >= 0.3 is 5.97 Å². The van der Waals surface area contributed by atoms with Gasteiger partial charge in [0, 0.05) is 11.6 Å². The molecule has 0 amide bonds. The summed E-state index contributed by atoms with van der Waals surface area (Å²) in [4.78, 5) is 10.2. The maximum absolute atomic E-state index is 10.2. The third-order valence-corrected chi connectivity index (χ3v) is 1.49. The molecule has 0 saturated carbocycles. The Morgan fingerprint density at radius 2 is 2.08 bits per heavy atom. The molecule has 13 heavy (non-hydrogen) atoms. The Balaban J connectivity index is 2.93. The Hall–Kier alpha value is -1.81. The lowest BCUT2D eigenvalue weighted by Gasteiger charge is -2.01. The molecule has 0 atom stereocenters. The van der Waals surface area contributed by atoms with Crippen molar-refractivity contribution in [3.8, 4) is 0 Å². The van der Waals surface area contributed by atoms with Crippen molar-refractivity contribution in [2.24, 2.45) is 0 Å². The molecular formula is C9H9NO3. The topological polar surface area (TPSA) is 69.6 Å². The number of para-hydroxylation sites is 1. The van der Waals surface area contributed by atoms with Gasteiger partial charge < -0.3 is 5.11 Å². The molecule has 1 aromatic carbocycles. The molecule has 1 rings (SSSR count). The average Bonchev–Trinajstić information content (AvgIpc) is 2.15. The Bertz CT molecular complexity index is 333. The smallest absolute Gasteiger partial charge is 0.328 e. The molecule has 0 saturated heterocycles. The molecule has 4 nitrogen and oxygen atoms in total. The van der Waals surface area contributed by atoms with Crippen LogP contribution in [-0.4, -0.2) is 16.3 Å². The highest BCUT2D eigenvalue weighted by Crippen LogP contribution is 2.15. The maximum atomic E-state index is 10.2. The highest BCUT2D eigenvalue weighted by Gasteiger charge is 1.95. The van der Waals surface area contributed by atoms with Crippen LogP contribution in [-0.2, 0) is 4.79 Å². The number of aliphatic carboxylic acids is 1. The largest absolute Gasteiger partial charge is 0.478 e. The first-order valence-electron chi connectivity index (χ1n) is 3.64. The van der Waals surface area contributed by atoms with E-state index in [0.29, 0.717) is 11.3 Å². The summed E-state index contributed by atoms with van der Waals surface area (Å²) in [7, 11) is 0. The number of hydrogen-bond acceptors (Lipinski definition) is 3. The quantitative estimate of drug-likeness (QED) is 0.486. The molecule has 68 valence electrons. The van der Waals surface area contributed by atoms with E-state index in [1.807, 2.05) is 5.48 Å². The Morgan fingerprint density at radius 1 is 1.38 bits per heavy atom. The normalized spacial score (nSPS) is 10.2. The molecule has 0 fully saturated rings. The minimum absolute atomic E-state index is 0.472. The second kappa shape index (κ2) is 4.27. The highest BCUT2D eigenvalue weighted by molar-refractivity contribution is 5.86. The van der Waals surface area contributed by atoms with Crippen LogP contribution in [0.15, 0.2) is 30.3 Å². The monoisotopic (exact) mass is 179 g/mol. The number of hydrogen-bond donors (Lipinski definition) is 3. The van der Waals surface area contributed by atoms with Gasteiger partial charge in [0.15, 0.2) is 0 Å². The van der Waals surface area contributed by atoms with Gasteiger partial charge in [0.1, 0.15) is 0 Å². The van der Waals surface area contributed by atoms with Crippen LogP contribution in [0.3, 0.4) is 0 Å². The first-order chi connectivity index (χ1) is 6.24. The Kier molecular flexibility index (Phi) is 3.05. The summed E-state index contributed by atoms with van der Waals surface area (Å²) in [5.41, 5.74) is 3.07. The van der Waals surface area contributed by atoms with E-state index < -0.39 is 5.97 Å². The zero-order valence-corrected chi connectivity index (χ0v) is 6.77. The fraction of sp³-hybridized carbons (Fsp3) is 0. The van der Waals surface area contributed by atoms with Crippen molar-refractivity contribution in [1.29, 1.82) is 0 Å². The van der Waals surface area contributed by atoms with Crippen LogP contribution in [0.4, 0.5) is 5.69 Å². The van der Waals surface area contributed by atoms with Gasteiger partial charge in [-0.1, -0.05) is 18.2 Å². The zero-order chi connectivity index (χ0) is 9.68. The first-order valence-corrected chi connectivity index (χ1v) is 3.64. The third-order valence-electron chi connectivity index (χ3n) is 1.49. The molecule has 0 aromatic heterocycles. The number of carboxylic acid groups (broad SMARTS) is 1. The molecule has 0 radical (unpaired) electrons. The van der Waals surface area contributed by atoms with Gasteiger partial charge in [-0.3, -0.25) is 10.7 Å². The first kappa shape index (κ1) is 9.28. The number of benzene rings is 1. The molecule has 0 heterocycles. The number of carbonyl (C=O) groups is 1. The lowest BCUT2D eigenvalue weighted by molar-refractivity contribution is -0.131. The van der Waals surface area contributed by atoms with Gasteiger partial charge in [0.2, 0.25) is 0 Å². The molecule has 3 N–H and O–H groups in total. The molecule has 4 heteroatoms. The Labute approximate surface area is 75.1 Å². The third kappa shape index (κ3) is 2.61. The fourth-order valence-corrected chi connectivity index (χ4v) is 0.905. The van der Waals surface area contributed by atoms with Crippen LogP contribution in [0.25, 0.3) is 6.08 Å². The van der Waals surface area contributed by atoms with E-state index in [4.69, 9.17) is 10.3 Å². The summed E-state index contributed by atoms with van der Waals surface area (Å²) in [5, 5.41) is 17.0. The fourth-order valence-electron chi connectivity index (χ4n) is 0.905. The molecular weight excluding hydrogens is 170 g/mol. The second-order valence-electron chi connectivity index (χ2n) is 2.37. The minimum Gasteiger partial charge on any atom is -0.478 e. The van der Waals surface area contributed by atoms with E-state index in [-0.39, 0.29) is 0 Å². The predicted molar refractivity (Wildman–Crippen MR) is 48.5 cm³/mol. The standard InChI is InChI=1S/C9H9NO3/c11-9(12)6-5-7-3-1-2-4-8(7)10-13/h1-6,10,13H,(H,11,12)/b6-5+. The summed E-state index contributed by atoms with van der Waals surface area (Å²) < 4.78 is 0. The average molecular weight is 179 g/mol. The number of nitrogens with one attached hydrogen (secondary N) is 1. The van der Waals surface area contributed by atoms with Crippen LogP contribution in [0.1, 0.15) is 5.56 Å². The van der Waals surface area contributed by atoms with Gasteiger partial charge in [0.05, 0.1) is 5.69 Å². The molecule has 0 bridgehead atoms. The predicted octanol–water partition coefficient (Wildman–Crippen LogP) is 1.59. The summed E-state index contributed by atoms with van der Waals surface area (Å²) in [6.07, 6.45) is 2.41. The van der Waals surface area contributed by atoms with Crippen molar-refractivity contribution in [3.05, 3.63) is 35.9 Å². The number of anilines is 1. The van der Waals surface area contributed by atoms with Crippen LogP contribution < -0.4 is 5.48 Å². The second-order valence-corrected chi connectivity index (χ2v) is 2.37. The van der Waals surface area contributed by atoms with Crippen molar-refractivity contribution in [1.82, 2.24) is 0 Å². The van der Waals surface area contributed by atoms with E-state index in [0.717, 1.165) is 6.08 Å². The van der Waals surface area contributed by atoms with E-state index >= 15 is 0 Å². The molecule has 0 aliphatic heterocycles. The van der Waals surface area contributed by atoms with Crippen LogP contribution in [0, 0.1) is 0 Å². The van der Waals surface area contributed by atoms with E-state index in [1.165, 1.54) is 6.08 Å². The van der Waals surface area contributed by atoms with Crippen LogP contribution in [0.2, 0.25) is 0 Å².